The first-order valence-corrected chi connectivity index (χ1v) is 49.6. The molecule has 36 nitrogen and oxygen atoms in total. The second kappa shape index (κ2) is 36.3. The molecule has 4 aromatic carbocycles. The summed E-state index contributed by atoms with van der Waals surface area (Å²) < 4.78 is 109. The number of aliphatic hydroxyl groups is 4. The van der Waals surface area contributed by atoms with Gasteiger partial charge in [-0.3, -0.25) is 12.6 Å². The lowest BCUT2D eigenvalue weighted by molar-refractivity contribution is -0.159. The van der Waals surface area contributed by atoms with Crippen LogP contribution in [0.1, 0.15) is 90.0 Å². The number of hydrogen-bond donors (Lipinski definition) is 11. The standard InChI is InChI=1S/C22H27N5O5S2.C22H26N4O4S2.C21H25N5O3S.C19H23N5O5S2/c1-11-16(20-26-13-7-5-6-8-15(13)33-20)19(27-21(23)24-11)25-14-9-12(10-30-34(4,28)29)17-18(14)32-22(2,3)31-17;1-11-16(20-25-13-7-5-6-8-15(13)31-20)19(26-21(23-11)32(4)28)24-14-9-12(10-27)17-18(14)30-22(2,3)29-17;1-10-15(19-25-12-6-4-5-7-14(12)30-19)18(26-20(22)23-10)24-13-8-11(9-27)16-17(13)29-21(2,3)28-16;1-9-14(18-23-11-5-3-4-6-13(11)30-18)17(24-19(20)21-9)22-12-7-10(15(25)16(12)26)8-29-31(2,27)28/h5-8,12,14,17-18H,9-10H2,1-4H3,(H3,23,24,25,27);5-8,12,14,17-18,27H,9-10H2,1-4H3,(H,23,24,26);4-7,11,13,16-17,27H,8-9H2,1-3H3,(H3,22,23,24,26);3-6,10,12,15-16,25-26H,7-8H2,1-2H3,(H3,20,21,22,24)/t12-,14-,17-,18+;12-,14-,17-,18+,32?;11-,13-,16-,17+;10-,12-,15-,16+/m1111/s1. The van der Waals surface area contributed by atoms with Gasteiger partial charge in [-0.05, 0) is 143 Å². The third kappa shape index (κ3) is 20.1. The number of anilines is 7. The number of ether oxygens (including phenoxy) is 6. The molecule has 0 bridgehead atoms. The average molecular weight is 1870 g/mol. The summed E-state index contributed by atoms with van der Waals surface area (Å²) in [5, 5.41) is 57.8. The van der Waals surface area contributed by atoms with Gasteiger partial charge in [0.2, 0.25) is 23.0 Å². The van der Waals surface area contributed by atoms with Crippen molar-refractivity contribution in [2.24, 2.45) is 23.7 Å². The molecule has 3 aliphatic heterocycles. The zero-order valence-electron chi connectivity index (χ0n) is 71.7. The molecule has 1 unspecified atom stereocenters. The van der Waals surface area contributed by atoms with Crippen LogP contribution in [-0.2, 0) is 67.8 Å². The monoisotopic (exact) mass is 1870 g/mol. The SMILES string of the molecule is Cc1nc(N)nc(N[C@@H]2C[C@H](CO)[C@H]3OC(C)(C)O[C@H]32)c1-c1nc2ccccc2s1.Cc1nc(N)nc(N[C@@H]2C[C@H](COS(C)(=O)=O)[C@@H](O)[C@H]2O)c1-c1nc2ccccc2s1.Cc1nc(N)nc(N[C@@H]2C[C@H](COS(C)(=O)=O)[C@H]3OC(C)(C)O[C@H]32)c1-c1nc2ccccc2s1.Cc1nc(S(C)=O)nc(N[C@@H]2C[C@H](CO)[C@H]3OC(C)(C)O[C@H]32)c1-c1nc2ccccc2s1. The quantitative estimate of drug-likeness (QED) is 0.0235. The molecule has 4 aliphatic carbocycles. The minimum Gasteiger partial charge on any atom is -0.396 e. The zero-order chi connectivity index (χ0) is 90.3. The summed E-state index contributed by atoms with van der Waals surface area (Å²) in [6.45, 7) is 18.6. The molecule has 17 atom stereocenters. The summed E-state index contributed by atoms with van der Waals surface area (Å²) >= 11 is 6.21. The van der Waals surface area contributed by atoms with Crippen LogP contribution in [0.25, 0.3) is 83.2 Å². The Labute approximate surface area is 751 Å². The highest BCUT2D eigenvalue weighted by molar-refractivity contribution is 7.86. The van der Waals surface area contributed by atoms with Gasteiger partial charge in [0.25, 0.3) is 20.2 Å². The van der Waals surface area contributed by atoms with Gasteiger partial charge in [-0.25, -0.2) is 44.9 Å². The van der Waals surface area contributed by atoms with E-state index in [4.69, 9.17) is 68.9 Å². The van der Waals surface area contributed by atoms with Crippen LogP contribution < -0.4 is 38.5 Å². The molecule has 19 rings (SSSR count). The third-order valence-electron chi connectivity index (χ3n) is 23.0. The Morgan fingerprint density at radius 2 is 0.677 bits per heavy atom. The molecule has 127 heavy (non-hydrogen) atoms. The van der Waals surface area contributed by atoms with E-state index in [0.717, 1.165) is 90.8 Å². The van der Waals surface area contributed by atoms with Crippen LogP contribution in [0.3, 0.4) is 0 Å². The topological polar surface area (TPSA) is 521 Å². The van der Waals surface area contributed by atoms with Gasteiger partial charge in [-0.1, -0.05) is 48.5 Å². The maximum Gasteiger partial charge on any atom is 0.264 e. The number of nitrogens with two attached hydrogens (primary N) is 3. The number of aliphatic hydroxyl groups excluding tert-OH is 4. The van der Waals surface area contributed by atoms with Crippen molar-refractivity contribution in [3.63, 3.8) is 0 Å². The molecule has 14 N–H and O–H groups in total. The third-order valence-corrected chi connectivity index (χ3v) is 29.0. The Hall–Kier alpha value is -9.07. The van der Waals surface area contributed by atoms with Crippen molar-refractivity contribution in [2.45, 2.75) is 190 Å². The Morgan fingerprint density at radius 1 is 0.402 bits per heavy atom. The van der Waals surface area contributed by atoms with E-state index < -0.39 is 72.6 Å². The first-order valence-electron chi connectivity index (χ1n) is 41.2. The van der Waals surface area contributed by atoms with Gasteiger partial charge >= 0.3 is 0 Å². The molecule has 7 aliphatic rings. The van der Waals surface area contributed by atoms with Crippen LogP contribution in [0.4, 0.5) is 41.1 Å². The van der Waals surface area contributed by atoms with Crippen LogP contribution in [0.15, 0.2) is 102 Å². The van der Waals surface area contributed by atoms with Crippen molar-refractivity contribution >= 4 is 158 Å². The van der Waals surface area contributed by atoms with Gasteiger partial charge in [-0.15, -0.1) is 45.3 Å². The largest absolute Gasteiger partial charge is 0.396 e. The number of aryl methyl sites for hydroxylation is 4. The van der Waals surface area contributed by atoms with Crippen molar-refractivity contribution in [2.75, 3.05) is 83.7 Å². The molecule has 0 amide bonds. The van der Waals surface area contributed by atoms with Crippen LogP contribution in [0.2, 0.25) is 0 Å². The molecular weight excluding hydrogens is 1770 g/mol. The smallest absolute Gasteiger partial charge is 0.264 e. The number of rotatable bonds is 21. The molecular formula is C84H101N19O17S7. The summed E-state index contributed by atoms with van der Waals surface area (Å²) in [6, 6.07) is 30.7. The van der Waals surface area contributed by atoms with E-state index in [2.05, 4.69) is 72.2 Å². The second-order valence-electron chi connectivity index (χ2n) is 33.9. The summed E-state index contributed by atoms with van der Waals surface area (Å²) in [5.74, 6) is -0.367. The molecule has 8 aromatic heterocycles. The van der Waals surface area contributed by atoms with Crippen molar-refractivity contribution < 1.29 is 78.3 Å². The minimum atomic E-state index is -3.65. The van der Waals surface area contributed by atoms with E-state index in [9.17, 15) is 41.5 Å². The predicted molar refractivity (Wildman–Crippen MR) is 488 cm³/mol. The van der Waals surface area contributed by atoms with E-state index >= 15 is 0 Å². The fourth-order valence-corrected chi connectivity index (χ4v) is 23.2. The number of nitrogen functional groups attached to an aromatic ring is 3. The Kier molecular flexibility index (Phi) is 26.1. The summed E-state index contributed by atoms with van der Waals surface area (Å²) in [7, 11) is -8.56. The van der Waals surface area contributed by atoms with Gasteiger partial charge in [0.1, 0.15) is 67.7 Å². The fraction of sp³-hybridized carbons (Fsp3) is 0.476. The number of nitrogens with one attached hydrogen (secondary N) is 4. The molecule has 0 spiro atoms. The lowest BCUT2D eigenvalue weighted by Crippen LogP contribution is -2.36. The molecule has 3 saturated heterocycles. The van der Waals surface area contributed by atoms with E-state index in [1.54, 1.807) is 47.2 Å². The van der Waals surface area contributed by atoms with Gasteiger partial charge in [-0.2, -0.15) is 31.8 Å². The maximum atomic E-state index is 12.2. The average Bonchev–Trinajstić information content (AvgIpc) is 1.61. The van der Waals surface area contributed by atoms with Crippen molar-refractivity contribution in [1.82, 2.24) is 59.8 Å². The fourth-order valence-electron chi connectivity index (χ4n) is 17.6. The normalized spacial score (nSPS) is 26.3. The predicted octanol–water partition coefficient (Wildman–Crippen LogP) is 10.2. The molecule has 7 fully saturated rings. The molecule has 4 saturated carbocycles. The molecule has 676 valence electrons. The number of nitrogens with zero attached hydrogens (tertiary/aromatic N) is 12. The van der Waals surface area contributed by atoms with Crippen molar-refractivity contribution in [3.05, 3.63) is 120 Å². The first-order chi connectivity index (χ1) is 60.2. The van der Waals surface area contributed by atoms with Crippen molar-refractivity contribution in [1.29, 1.82) is 0 Å². The Bertz CT molecular complexity index is 6230. The Balaban J connectivity index is 0.000000125. The molecule has 43 heteroatoms. The maximum absolute atomic E-state index is 12.2. The summed E-state index contributed by atoms with van der Waals surface area (Å²) in [5.41, 5.74) is 27.3. The van der Waals surface area contributed by atoms with E-state index in [1.165, 1.54) is 11.3 Å². The number of benzene rings is 4. The molecule has 11 heterocycles. The van der Waals surface area contributed by atoms with Crippen LogP contribution in [0.5, 0.6) is 0 Å². The highest BCUT2D eigenvalue weighted by Gasteiger charge is 2.57. The van der Waals surface area contributed by atoms with E-state index in [1.807, 2.05) is 153 Å². The lowest BCUT2D eigenvalue weighted by atomic mass is 10.1. The lowest BCUT2D eigenvalue weighted by Gasteiger charge is -2.25. The van der Waals surface area contributed by atoms with Gasteiger partial charge in [0.05, 0.1) is 171 Å². The van der Waals surface area contributed by atoms with E-state index in [-0.39, 0.29) is 128 Å². The highest BCUT2D eigenvalue weighted by atomic mass is 32.2. The van der Waals surface area contributed by atoms with Crippen LogP contribution in [-0.4, -0.2) is 237 Å². The molecule has 0 radical (unpaired) electrons. The van der Waals surface area contributed by atoms with Crippen LogP contribution >= 0.6 is 45.3 Å². The van der Waals surface area contributed by atoms with Gasteiger partial charge < -0.3 is 87.3 Å². The first kappa shape index (κ1) is 91.2. The summed E-state index contributed by atoms with van der Waals surface area (Å²) in [4.78, 5) is 54.5. The Morgan fingerprint density at radius 3 is 0.992 bits per heavy atom. The highest BCUT2D eigenvalue weighted by Crippen LogP contribution is 2.50. The second-order valence-corrected chi connectivity index (χ2v) is 42.6. The zero-order valence-corrected chi connectivity index (χ0v) is 77.4. The number of hydrogen-bond acceptors (Lipinski definition) is 40. The van der Waals surface area contributed by atoms with Gasteiger partial charge in [0, 0.05) is 43.1 Å². The van der Waals surface area contributed by atoms with Gasteiger partial charge in [0.15, 0.2) is 17.4 Å². The molecule has 12 aromatic rings. The number of fused-ring (bicyclic) bond motifs is 7. The van der Waals surface area contributed by atoms with Crippen molar-refractivity contribution in [3.8, 4) is 42.3 Å². The van der Waals surface area contributed by atoms with E-state index in [0.29, 0.717) is 70.2 Å². The summed E-state index contributed by atoms with van der Waals surface area (Å²) in [6.07, 6.45) is 2.10. The van der Waals surface area contributed by atoms with Crippen LogP contribution in [0, 0.1) is 51.4 Å². The number of aromatic nitrogens is 12. The number of para-hydroxylation sites is 4. The number of thiazole rings is 4. The minimum absolute atomic E-state index is 0.000423.